The van der Waals surface area contributed by atoms with Crippen molar-refractivity contribution in [3.63, 3.8) is 0 Å². The Bertz CT molecular complexity index is 1410. The van der Waals surface area contributed by atoms with E-state index in [1.165, 1.54) is 49.6 Å². The van der Waals surface area contributed by atoms with Crippen molar-refractivity contribution < 1.29 is 38.0 Å². The van der Waals surface area contributed by atoms with Gasteiger partial charge in [-0.05, 0) is 30.3 Å². The van der Waals surface area contributed by atoms with Gasteiger partial charge in [0.2, 0.25) is 11.5 Å². The lowest BCUT2D eigenvalue weighted by molar-refractivity contribution is -0.385. The molecular weight excluding hydrogens is 474 g/mol. The number of esters is 2. The number of methoxy groups -OCH3 is 1. The standard InChI is InChI=1S/C24H17N3O9/c1-34-23(30)19-11-10-16(35-19)13-26-21(28)17(25-24(26)31)12-15-8-5-9-18(27(32)33)20(15)36-22(29)14-6-3-2-4-7-14/h2-12H,13H2,1H3,(H,25,31)/b17-12-. The fourth-order valence-electron chi connectivity index (χ4n) is 3.34. The van der Waals surface area contributed by atoms with E-state index in [1.54, 1.807) is 18.2 Å². The molecule has 182 valence electrons. The van der Waals surface area contributed by atoms with Crippen LogP contribution >= 0.6 is 0 Å². The average Bonchev–Trinajstić information content (AvgIpc) is 3.45. The van der Waals surface area contributed by atoms with Crippen LogP contribution in [0.15, 0.2) is 70.8 Å². The third kappa shape index (κ3) is 4.82. The van der Waals surface area contributed by atoms with Crippen LogP contribution in [-0.2, 0) is 16.1 Å². The second-order valence-electron chi connectivity index (χ2n) is 7.35. The lowest BCUT2D eigenvalue weighted by Gasteiger charge is -2.10. The van der Waals surface area contributed by atoms with Crippen LogP contribution in [0.3, 0.4) is 0 Å². The van der Waals surface area contributed by atoms with E-state index in [-0.39, 0.29) is 34.9 Å². The van der Waals surface area contributed by atoms with E-state index in [0.29, 0.717) is 0 Å². The second-order valence-corrected chi connectivity index (χ2v) is 7.35. The number of nitro benzene ring substituents is 1. The number of nitrogens with zero attached hydrogens (tertiary/aromatic N) is 2. The summed E-state index contributed by atoms with van der Waals surface area (Å²) in [6, 6.07) is 13.7. The number of ether oxygens (including phenoxy) is 2. The van der Waals surface area contributed by atoms with E-state index in [4.69, 9.17) is 9.15 Å². The number of furan rings is 1. The van der Waals surface area contributed by atoms with Crippen LogP contribution in [0, 0.1) is 10.1 Å². The lowest BCUT2D eigenvalue weighted by atomic mass is 10.1. The molecule has 12 nitrogen and oxygen atoms in total. The van der Waals surface area contributed by atoms with Crippen LogP contribution in [0.2, 0.25) is 0 Å². The van der Waals surface area contributed by atoms with Gasteiger partial charge in [-0.3, -0.25) is 19.8 Å². The predicted molar refractivity (Wildman–Crippen MR) is 122 cm³/mol. The van der Waals surface area contributed by atoms with Crippen molar-refractivity contribution in [3.05, 3.63) is 99.1 Å². The molecule has 1 aliphatic rings. The van der Waals surface area contributed by atoms with Gasteiger partial charge in [-0.15, -0.1) is 0 Å². The van der Waals surface area contributed by atoms with Crippen LogP contribution in [0.1, 0.15) is 32.2 Å². The maximum absolute atomic E-state index is 12.9. The van der Waals surface area contributed by atoms with Gasteiger partial charge in [-0.2, -0.15) is 0 Å². The van der Waals surface area contributed by atoms with E-state index in [1.807, 2.05) is 0 Å². The van der Waals surface area contributed by atoms with Gasteiger partial charge in [0.1, 0.15) is 11.5 Å². The number of nitro groups is 1. The molecule has 1 saturated heterocycles. The van der Waals surface area contributed by atoms with Crippen molar-refractivity contribution in [2.75, 3.05) is 7.11 Å². The van der Waals surface area contributed by atoms with Gasteiger partial charge < -0.3 is 19.2 Å². The highest BCUT2D eigenvalue weighted by molar-refractivity contribution is 6.14. The Kier molecular flexibility index (Phi) is 6.59. The summed E-state index contributed by atoms with van der Waals surface area (Å²) < 4.78 is 15.2. The largest absolute Gasteiger partial charge is 0.463 e. The van der Waals surface area contributed by atoms with Crippen LogP contribution in [0.4, 0.5) is 10.5 Å². The molecule has 0 unspecified atom stereocenters. The van der Waals surface area contributed by atoms with Gasteiger partial charge >= 0.3 is 23.7 Å². The van der Waals surface area contributed by atoms with Gasteiger partial charge in [-0.1, -0.05) is 30.3 Å². The molecular formula is C24H17N3O9. The molecule has 0 spiro atoms. The number of hydrogen-bond donors (Lipinski definition) is 1. The third-order valence-corrected chi connectivity index (χ3v) is 5.05. The van der Waals surface area contributed by atoms with E-state index in [9.17, 15) is 29.3 Å². The molecule has 0 atom stereocenters. The normalized spacial score (nSPS) is 14.0. The summed E-state index contributed by atoms with van der Waals surface area (Å²) in [5, 5.41) is 14.0. The number of benzene rings is 2. The second kappa shape index (κ2) is 9.93. The van der Waals surface area contributed by atoms with Gasteiger partial charge in [0.25, 0.3) is 5.91 Å². The molecule has 1 N–H and O–H groups in total. The van der Waals surface area contributed by atoms with E-state index >= 15 is 0 Å². The number of imide groups is 1. The average molecular weight is 491 g/mol. The molecule has 2 heterocycles. The molecule has 0 radical (unpaired) electrons. The fourth-order valence-corrected chi connectivity index (χ4v) is 3.34. The summed E-state index contributed by atoms with van der Waals surface area (Å²) in [7, 11) is 1.18. The Morgan fingerprint density at radius 1 is 1.06 bits per heavy atom. The van der Waals surface area contributed by atoms with Crippen LogP contribution in [0.25, 0.3) is 6.08 Å². The SMILES string of the molecule is COC(=O)c1ccc(CN2C(=O)N/C(=C\c3cccc([N+](=O)[O-])c3OC(=O)c3ccccc3)C2=O)o1. The monoisotopic (exact) mass is 491 g/mol. The number of rotatable bonds is 7. The number of carbonyl (C=O) groups is 4. The minimum absolute atomic E-state index is 0.0185. The molecule has 1 aliphatic heterocycles. The summed E-state index contributed by atoms with van der Waals surface area (Å²) >= 11 is 0. The highest BCUT2D eigenvalue weighted by Gasteiger charge is 2.35. The topological polar surface area (TPSA) is 158 Å². The fraction of sp³-hybridized carbons (Fsp3) is 0.0833. The summed E-state index contributed by atoms with van der Waals surface area (Å²) in [5.74, 6) is -2.67. The lowest BCUT2D eigenvalue weighted by Crippen LogP contribution is -2.30. The molecule has 1 fully saturated rings. The van der Waals surface area contributed by atoms with E-state index in [2.05, 4.69) is 10.1 Å². The van der Waals surface area contributed by atoms with Crippen molar-refractivity contribution in [2.24, 2.45) is 0 Å². The Hall–Kier alpha value is -5.26. The number of carbonyl (C=O) groups excluding carboxylic acids is 4. The van der Waals surface area contributed by atoms with Gasteiger partial charge in [-0.25, -0.2) is 14.4 Å². The summed E-state index contributed by atoms with van der Waals surface area (Å²) in [6.07, 6.45) is 1.17. The molecule has 0 aliphatic carbocycles. The summed E-state index contributed by atoms with van der Waals surface area (Å²) in [4.78, 5) is 61.1. The van der Waals surface area contributed by atoms with Gasteiger partial charge in [0.15, 0.2) is 0 Å². The van der Waals surface area contributed by atoms with Crippen molar-refractivity contribution in [1.82, 2.24) is 10.2 Å². The third-order valence-electron chi connectivity index (χ3n) is 5.05. The Morgan fingerprint density at radius 2 is 1.81 bits per heavy atom. The minimum Gasteiger partial charge on any atom is -0.463 e. The van der Waals surface area contributed by atoms with Gasteiger partial charge in [0, 0.05) is 11.6 Å². The first-order valence-electron chi connectivity index (χ1n) is 10.3. The molecule has 0 saturated carbocycles. The van der Waals surface area contributed by atoms with Crippen LogP contribution < -0.4 is 10.1 Å². The first-order valence-corrected chi connectivity index (χ1v) is 10.3. The van der Waals surface area contributed by atoms with Crippen molar-refractivity contribution >= 4 is 35.6 Å². The summed E-state index contributed by atoms with van der Waals surface area (Å²) in [5.41, 5.74) is -0.536. The number of hydrogen-bond acceptors (Lipinski definition) is 9. The number of nitrogens with one attached hydrogen (secondary N) is 1. The van der Waals surface area contributed by atoms with Crippen molar-refractivity contribution in [3.8, 4) is 5.75 Å². The zero-order valence-corrected chi connectivity index (χ0v) is 18.6. The first kappa shape index (κ1) is 23.9. The van der Waals surface area contributed by atoms with Gasteiger partial charge in [0.05, 0.1) is 24.1 Å². The molecule has 36 heavy (non-hydrogen) atoms. The molecule has 3 amide bonds. The minimum atomic E-state index is -0.841. The van der Waals surface area contributed by atoms with Crippen molar-refractivity contribution in [1.29, 1.82) is 0 Å². The molecule has 0 bridgehead atoms. The molecule has 3 aromatic rings. The predicted octanol–water partition coefficient (Wildman–Crippen LogP) is 3.29. The molecule has 1 aromatic heterocycles. The zero-order valence-electron chi connectivity index (χ0n) is 18.6. The zero-order chi connectivity index (χ0) is 25.8. The Balaban J connectivity index is 1.62. The maximum Gasteiger partial charge on any atom is 0.373 e. The quantitative estimate of drug-likeness (QED) is 0.131. The first-order chi connectivity index (χ1) is 17.3. The Labute approximate surface area is 202 Å². The van der Waals surface area contributed by atoms with Crippen molar-refractivity contribution in [2.45, 2.75) is 6.54 Å². The van der Waals surface area contributed by atoms with Crippen LogP contribution in [-0.4, -0.2) is 40.8 Å². The maximum atomic E-state index is 12.9. The Morgan fingerprint density at radius 3 is 2.50 bits per heavy atom. The molecule has 2 aromatic carbocycles. The highest BCUT2D eigenvalue weighted by Crippen LogP contribution is 2.33. The van der Waals surface area contributed by atoms with E-state index in [0.717, 1.165) is 11.0 Å². The molecule has 4 rings (SSSR count). The number of para-hydroxylation sites is 1. The number of urea groups is 1. The smallest absolute Gasteiger partial charge is 0.373 e. The van der Waals surface area contributed by atoms with E-state index < -0.39 is 40.2 Å². The van der Waals surface area contributed by atoms with Crippen LogP contribution in [0.5, 0.6) is 5.75 Å². The number of amides is 3. The summed E-state index contributed by atoms with van der Waals surface area (Å²) in [6.45, 7) is -0.288. The highest BCUT2D eigenvalue weighted by atomic mass is 16.6. The molecule has 12 heteroatoms.